The summed E-state index contributed by atoms with van der Waals surface area (Å²) in [7, 11) is -2.75. The Balaban J connectivity index is 2.52. The summed E-state index contributed by atoms with van der Waals surface area (Å²) in [6.07, 6.45) is -3.86. The molecule has 0 saturated carbocycles. The highest BCUT2D eigenvalue weighted by Crippen LogP contribution is 2.37. The Morgan fingerprint density at radius 3 is 2.33 bits per heavy atom. The van der Waals surface area contributed by atoms with Crippen molar-refractivity contribution in [1.82, 2.24) is 10.2 Å². The van der Waals surface area contributed by atoms with Crippen LogP contribution in [0.25, 0.3) is 0 Å². The fourth-order valence-corrected chi connectivity index (χ4v) is 4.88. The lowest BCUT2D eigenvalue weighted by molar-refractivity contribution is -0.140. The van der Waals surface area contributed by atoms with Crippen LogP contribution >= 0.6 is 11.6 Å². The second kappa shape index (κ2) is 13.4. The third kappa shape index (κ3) is 9.03. The molecule has 1 atom stereocenters. The van der Waals surface area contributed by atoms with Gasteiger partial charge in [0.1, 0.15) is 18.3 Å². The van der Waals surface area contributed by atoms with Gasteiger partial charge in [0.15, 0.2) is 0 Å². The van der Waals surface area contributed by atoms with E-state index < -0.39 is 51.2 Å². The Labute approximate surface area is 232 Å². The number of amides is 2. The smallest absolute Gasteiger partial charge is 0.417 e. The van der Waals surface area contributed by atoms with E-state index in [9.17, 15) is 31.2 Å². The third-order valence-electron chi connectivity index (χ3n) is 5.78. The molecule has 0 aromatic heterocycles. The molecule has 13 heteroatoms. The number of hydrogen-bond acceptors (Lipinski definition) is 5. The number of benzene rings is 2. The van der Waals surface area contributed by atoms with Crippen LogP contribution in [0.5, 0.6) is 5.75 Å². The zero-order valence-electron chi connectivity index (χ0n) is 22.4. The third-order valence-corrected chi connectivity index (χ3v) is 7.25. The van der Waals surface area contributed by atoms with E-state index in [2.05, 4.69) is 5.32 Å². The average molecular weight is 592 g/mol. The molecule has 0 aliphatic heterocycles. The highest BCUT2D eigenvalue weighted by Gasteiger charge is 2.36. The van der Waals surface area contributed by atoms with Crippen LogP contribution in [0.15, 0.2) is 42.5 Å². The highest BCUT2D eigenvalue weighted by atomic mass is 35.5. The maximum Gasteiger partial charge on any atom is 0.417 e. The van der Waals surface area contributed by atoms with Crippen LogP contribution < -0.4 is 14.4 Å². The molecule has 2 rings (SSSR count). The Hall–Kier alpha value is -2.99. The fourth-order valence-electron chi connectivity index (χ4n) is 3.81. The summed E-state index contributed by atoms with van der Waals surface area (Å²) in [6, 6.07) is 8.40. The molecule has 2 aromatic carbocycles. The number of anilines is 1. The summed E-state index contributed by atoms with van der Waals surface area (Å²) in [5, 5.41) is 2.18. The summed E-state index contributed by atoms with van der Waals surface area (Å²) >= 11 is 5.70. The molecule has 0 spiro atoms. The first-order valence-corrected chi connectivity index (χ1v) is 14.4. The van der Waals surface area contributed by atoms with Crippen molar-refractivity contribution in [2.24, 2.45) is 5.92 Å². The second-order valence-electron chi connectivity index (χ2n) is 9.37. The number of sulfonamides is 1. The van der Waals surface area contributed by atoms with Crippen LogP contribution in [0, 0.1) is 5.92 Å². The van der Waals surface area contributed by atoms with E-state index in [1.165, 1.54) is 12.0 Å². The molecule has 39 heavy (non-hydrogen) atoms. The lowest BCUT2D eigenvalue weighted by atomic mass is 10.1. The molecule has 0 aliphatic carbocycles. The van der Waals surface area contributed by atoms with Gasteiger partial charge >= 0.3 is 6.18 Å². The maximum atomic E-state index is 13.7. The zero-order chi connectivity index (χ0) is 29.5. The molecule has 216 valence electrons. The molecule has 2 amide bonds. The van der Waals surface area contributed by atoms with Crippen molar-refractivity contribution >= 4 is 39.1 Å². The van der Waals surface area contributed by atoms with Gasteiger partial charge in [-0.05, 0) is 48.2 Å². The van der Waals surface area contributed by atoms with Crippen molar-refractivity contribution in [2.75, 3.05) is 30.8 Å². The van der Waals surface area contributed by atoms with Crippen molar-refractivity contribution in [3.8, 4) is 5.75 Å². The van der Waals surface area contributed by atoms with Gasteiger partial charge in [0.05, 0.1) is 29.6 Å². The predicted molar refractivity (Wildman–Crippen MR) is 144 cm³/mol. The molecule has 1 N–H and O–H groups in total. The van der Waals surface area contributed by atoms with E-state index in [0.717, 1.165) is 18.4 Å². The first-order valence-electron chi connectivity index (χ1n) is 12.1. The first kappa shape index (κ1) is 32.2. The molecule has 0 radical (unpaired) electrons. The van der Waals surface area contributed by atoms with Crippen LogP contribution in [-0.4, -0.2) is 57.6 Å². The Morgan fingerprint density at radius 1 is 1.13 bits per heavy atom. The van der Waals surface area contributed by atoms with Gasteiger partial charge in [0, 0.05) is 13.1 Å². The molecule has 0 fully saturated rings. The minimum Gasteiger partial charge on any atom is -0.497 e. The second-order valence-corrected chi connectivity index (χ2v) is 11.7. The SMILES string of the molecule is CC[C@H](C(=O)NCC(C)C)N(Cc1cccc(OC)c1)C(=O)CN(c1ccc(Cl)c(C(F)(F)F)c1)S(C)(=O)=O. The van der Waals surface area contributed by atoms with E-state index in [-0.39, 0.29) is 24.6 Å². The van der Waals surface area contributed by atoms with Crippen molar-refractivity contribution in [3.63, 3.8) is 0 Å². The quantitative estimate of drug-likeness (QED) is 0.386. The molecule has 0 unspecified atom stereocenters. The molecule has 8 nitrogen and oxygen atoms in total. The number of nitrogens with zero attached hydrogens (tertiary/aromatic N) is 2. The summed E-state index contributed by atoms with van der Waals surface area (Å²) in [6.45, 7) is 4.97. The van der Waals surface area contributed by atoms with Gasteiger partial charge in [-0.25, -0.2) is 8.42 Å². The van der Waals surface area contributed by atoms with Crippen LogP contribution in [0.1, 0.15) is 38.3 Å². The standard InChI is InChI=1S/C26H33ClF3N3O5S/c1-6-23(25(35)31-14-17(2)3)32(15-18-8-7-9-20(12-18)38-4)24(34)16-33(39(5,36)37)19-10-11-22(27)21(13-19)26(28,29)30/h7-13,17,23H,6,14-16H2,1-5H3,(H,31,35)/t23-/m1/s1. The Morgan fingerprint density at radius 2 is 1.79 bits per heavy atom. The number of alkyl halides is 3. The van der Waals surface area contributed by atoms with Gasteiger partial charge in [-0.3, -0.25) is 13.9 Å². The normalized spacial score (nSPS) is 12.7. The number of carbonyl (C=O) groups is 2. The molecule has 0 heterocycles. The molecule has 0 aliphatic rings. The summed E-state index contributed by atoms with van der Waals surface area (Å²) in [4.78, 5) is 28.0. The van der Waals surface area contributed by atoms with Crippen molar-refractivity contribution in [1.29, 1.82) is 0 Å². The molecule has 2 aromatic rings. The average Bonchev–Trinajstić information content (AvgIpc) is 2.85. The molecular formula is C26H33ClF3N3O5S. The monoisotopic (exact) mass is 591 g/mol. The van der Waals surface area contributed by atoms with Gasteiger partial charge in [0.25, 0.3) is 0 Å². The van der Waals surface area contributed by atoms with Crippen LogP contribution in [-0.2, 0) is 32.3 Å². The van der Waals surface area contributed by atoms with E-state index in [1.54, 1.807) is 31.2 Å². The van der Waals surface area contributed by atoms with E-state index in [0.29, 0.717) is 28.2 Å². The lowest BCUT2D eigenvalue weighted by Gasteiger charge is -2.33. The van der Waals surface area contributed by atoms with Gasteiger partial charge < -0.3 is 15.0 Å². The number of carbonyl (C=O) groups excluding carboxylic acids is 2. The van der Waals surface area contributed by atoms with Crippen LogP contribution in [0.4, 0.5) is 18.9 Å². The largest absolute Gasteiger partial charge is 0.497 e. The highest BCUT2D eigenvalue weighted by molar-refractivity contribution is 7.92. The zero-order valence-corrected chi connectivity index (χ0v) is 24.0. The molecule has 0 saturated heterocycles. The van der Waals surface area contributed by atoms with Gasteiger partial charge in [-0.15, -0.1) is 0 Å². The summed E-state index contributed by atoms with van der Waals surface area (Å²) < 4.78 is 71.6. The predicted octanol–water partition coefficient (Wildman–Crippen LogP) is 4.71. The number of halogens is 4. The summed E-state index contributed by atoms with van der Waals surface area (Å²) in [5.41, 5.74) is -1.02. The summed E-state index contributed by atoms with van der Waals surface area (Å²) in [5.74, 6) is -0.559. The Bertz CT molecular complexity index is 1270. The van der Waals surface area contributed by atoms with Crippen LogP contribution in [0.3, 0.4) is 0 Å². The minimum atomic E-state index is -4.85. The van der Waals surface area contributed by atoms with Crippen LogP contribution in [0.2, 0.25) is 5.02 Å². The number of rotatable bonds is 12. The van der Waals surface area contributed by atoms with Crippen molar-refractivity contribution in [3.05, 3.63) is 58.6 Å². The van der Waals surface area contributed by atoms with Gasteiger partial charge in [0.2, 0.25) is 21.8 Å². The first-order chi connectivity index (χ1) is 18.1. The Kier molecular flexibility index (Phi) is 11.1. The van der Waals surface area contributed by atoms with Crippen molar-refractivity contribution in [2.45, 2.75) is 46.0 Å². The van der Waals surface area contributed by atoms with E-state index >= 15 is 0 Å². The maximum absolute atomic E-state index is 13.7. The number of hydrogen-bond donors (Lipinski definition) is 1. The topological polar surface area (TPSA) is 96.0 Å². The number of nitrogens with one attached hydrogen (secondary N) is 1. The van der Waals surface area contributed by atoms with E-state index in [4.69, 9.17) is 16.3 Å². The number of ether oxygens (including phenoxy) is 1. The van der Waals surface area contributed by atoms with Crippen molar-refractivity contribution < 1.29 is 35.9 Å². The van der Waals surface area contributed by atoms with Gasteiger partial charge in [-0.2, -0.15) is 13.2 Å². The molecular weight excluding hydrogens is 559 g/mol. The number of methoxy groups -OCH3 is 1. The lowest BCUT2D eigenvalue weighted by Crippen LogP contribution is -2.52. The minimum absolute atomic E-state index is 0.0738. The van der Waals surface area contributed by atoms with Gasteiger partial charge in [-0.1, -0.05) is 44.5 Å². The van der Waals surface area contributed by atoms with E-state index in [1.807, 2.05) is 13.8 Å². The molecule has 0 bridgehead atoms. The fraction of sp³-hybridized carbons (Fsp3) is 0.462.